The highest BCUT2D eigenvalue weighted by Crippen LogP contribution is 2.29. The van der Waals surface area contributed by atoms with Crippen molar-refractivity contribution < 1.29 is 9.32 Å². The summed E-state index contributed by atoms with van der Waals surface area (Å²) in [6.45, 7) is 4.11. The van der Waals surface area contributed by atoms with E-state index in [9.17, 15) is 4.79 Å². The quantitative estimate of drug-likeness (QED) is 0.576. The van der Waals surface area contributed by atoms with Gasteiger partial charge in [-0.15, -0.1) is 0 Å². The maximum atomic E-state index is 12.4. The zero-order valence-electron chi connectivity index (χ0n) is 13.7. The molecule has 2 heterocycles. The van der Waals surface area contributed by atoms with Gasteiger partial charge in [-0.3, -0.25) is 10.1 Å². The molecule has 2 aromatic heterocycles. The number of hydrogen-bond acceptors (Lipinski definition) is 5. The number of aromatic nitrogens is 2. The van der Waals surface area contributed by atoms with Gasteiger partial charge < -0.3 is 4.52 Å². The van der Waals surface area contributed by atoms with E-state index in [1.807, 2.05) is 43.3 Å². The summed E-state index contributed by atoms with van der Waals surface area (Å²) in [6, 6.07) is 15.3. The van der Waals surface area contributed by atoms with E-state index in [-0.39, 0.29) is 11.6 Å². The summed E-state index contributed by atoms with van der Waals surface area (Å²) in [5.74, 6) is 0.222. The van der Waals surface area contributed by atoms with Crippen LogP contribution in [0.4, 0.5) is 5.13 Å². The molecular formula is C19H15N3O2S. The molecule has 1 N–H and O–H groups in total. The topological polar surface area (TPSA) is 68.0 Å². The number of rotatable bonds is 3. The molecule has 0 unspecified atom stereocenters. The minimum absolute atomic E-state index is 0.227. The van der Waals surface area contributed by atoms with Crippen LogP contribution in [0.15, 0.2) is 53.1 Å². The van der Waals surface area contributed by atoms with Crippen molar-refractivity contribution in [3.05, 3.63) is 65.4 Å². The van der Waals surface area contributed by atoms with Crippen molar-refractivity contribution in [2.45, 2.75) is 13.8 Å². The van der Waals surface area contributed by atoms with Gasteiger partial charge in [-0.2, -0.15) is 0 Å². The number of nitrogens with zero attached hydrogens (tertiary/aromatic N) is 2. The first kappa shape index (κ1) is 15.5. The number of amides is 1. The van der Waals surface area contributed by atoms with Crippen LogP contribution in [0.2, 0.25) is 0 Å². The molecular weight excluding hydrogens is 334 g/mol. The molecule has 0 fully saturated rings. The molecule has 0 aliphatic heterocycles. The number of nitrogens with one attached hydrogen (secondary N) is 1. The summed E-state index contributed by atoms with van der Waals surface area (Å²) >= 11 is 1.44. The monoisotopic (exact) mass is 349 g/mol. The number of aryl methyl sites for hydroxylation is 2. The number of benzene rings is 2. The van der Waals surface area contributed by atoms with Gasteiger partial charge in [0.05, 0.1) is 10.2 Å². The summed E-state index contributed by atoms with van der Waals surface area (Å²) in [4.78, 5) is 16.9. The van der Waals surface area contributed by atoms with Crippen molar-refractivity contribution in [1.82, 2.24) is 10.1 Å². The summed E-state index contributed by atoms with van der Waals surface area (Å²) in [5.41, 5.74) is 4.37. The van der Waals surface area contributed by atoms with Gasteiger partial charge in [-0.05, 0) is 37.1 Å². The predicted molar refractivity (Wildman–Crippen MR) is 99.0 cm³/mol. The third-order valence-corrected chi connectivity index (χ3v) is 4.96. The average molecular weight is 349 g/mol. The first-order valence-electron chi connectivity index (χ1n) is 7.81. The predicted octanol–water partition coefficient (Wildman–Crippen LogP) is 4.82. The zero-order valence-corrected chi connectivity index (χ0v) is 14.6. The van der Waals surface area contributed by atoms with Crippen LogP contribution in [-0.4, -0.2) is 16.0 Å². The van der Waals surface area contributed by atoms with Crippen molar-refractivity contribution in [2.75, 3.05) is 5.32 Å². The van der Waals surface area contributed by atoms with Crippen LogP contribution in [-0.2, 0) is 0 Å². The zero-order chi connectivity index (χ0) is 17.4. The van der Waals surface area contributed by atoms with E-state index in [1.165, 1.54) is 22.5 Å². The van der Waals surface area contributed by atoms with Gasteiger partial charge >= 0.3 is 0 Å². The molecule has 0 radical (unpaired) electrons. The van der Waals surface area contributed by atoms with Gasteiger partial charge in [0.1, 0.15) is 0 Å². The lowest BCUT2D eigenvalue weighted by atomic mass is 10.1. The van der Waals surface area contributed by atoms with Crippen LogP contribution < -0.4 is 5.32 Å². The number of anilines is 1. The van der Waals surface area contributed by atoms with Crippen molar-refractivity contribution in [3.8, 4) is 11.3 Å². The standard InChI is InChI=1S/C19H15N3O2S/c1-11-8-14-17(9-12(11)2)25-19(20-14)21-18(23)15-10-16(24-22-15)13-6-4-3-5-7-13/h3-10H,1-2H3,(H,20,21,23). The Hall–Kier alpha value is -2.99. The molecule has 0 aliphatic carbocycles. The molecule has 2 aromatic carbocycles. The molecule has 124 valence electrons. The number of carbonyl (C=O) groups is 1. The van der Waals surface area contributed by atoms with E-state index in [0.29, 0.717) is 10.9 Å². The lowest BCUT2D eigenvalue weighted by Gasteiger charge is -1.96. The van der Waals surface area contributed by atoms with Crippen LogP contribution in [0.5, 0.6) is 0 Å². The summed E-state index contributed by atoms with van der Waals surface area (Å²) < 4.78 is 6.32. The van der Waals surface area contributed by atoms with E-state index in [4.69, 9.17) is 4.52 Å². The molecule has 0 saturated heterocycles. The molecule has 0 atom stereocenters. The fourth-order valence-corrected chi connectivity index (χ4v) is 3.46. The van der Waals surface area contributed by atoms with Crippen LogP contribution in [0.25, 0.3) is 21.5 Å². The Kier molecular flexibility index (Phi) is 3.82. The third-order valence-electron chi connectivity index (χ3n) is 4.03. The molecule has 5 nitrogen and oxygen atoms in total. The Bertz CT molecular complexity index is 1030. The summed E-state index contributed by atoms with van der Waals surface area (Å²) in [5, 5.41) is 7.21. The van der Waals surface area contributed by atoms with Crippen molar-refractivity contribution in [3.63, 3.8) is 0 Å². The average Bonchev–Trinajstić information content (AvgIpc) is 3.23. The number of thiazole rings is 1. The van der Waals surface area contributed by atoms with Gasteiger partial charge in [0.25, 0.3) is 5.91 Å². The van der Waals surface area contributed by atoms with Gasteiger partial charge in [0.15, 0.2) is 16.6 Å². The number of hydrogen-bond donors (Lipinski definition) is 1. The molecule has 0 saturated carbocycles. The minimum atomic E-state index is -0.335. The van der Waals surface area contributed by atoms with Crippen LogP contribution in [0.3, 0.4) is 0 Å². The van der Waals surface area contributed by atoms with E-state index in [0.717, 1.165) is 15.8 Å². The van der Waals surface area contributed by atoms with E-state index < -0.39 is 0 Å². The van der Waals surface area contributed by atoms with Gasteiger partial charge in [-0.1, -0.05) is 46.8 Å². The van der Waals surface area contributed by atoms with Gasteiger partial charge in [0.2, 0.25) is 0 Å². The number of fused-ring (bicyclic) bond motifs is 1. The fourth-order valence-electron chi connectivity index (χ4n) is 2.52. The molecule has 0 aliphatic rings. The van der Waals surface area contributed by atoms with Crippen molar-refractivity contribution >= 4 is 32.6 Å². The molecule has 6 heteroatoms. The highest BCUT2D eigenvalue weighted by Gasteiger charge is 2.16. The Labute approximate surface area is 148 Å². The SMILES string of the molecule is Cc1cc2nc(NC(=O)c3cc(-c4ccccc4)on3)sc2cc1C. The normalized spacial score (nSPS) is 11.0. The second-order valence-electron chi connectivity index (χ2n) is 5.82. The second-order valence-corrected chi connectivity index (χ2v) is 6.85. The summed E-state index contributed by atoms with van der Waals surface area (Å²) in [6.07, 6.45) is 0. The van der Waals surface area contributed by atoms with Gasteiger partial charge in [0, 0.05) is 11.6 Å². The fraction of sp³-hybridized carbons (Fsp3) is 0.105. The molecule has 0 spiro atoms. The smallest absolute Gasteiger partial charge is 0.279 e. The largest absolute Gasteiger partial charge is 0.355 e. The van der Waals surface area contributed by atoms with Crippen molar-refractivity contribution in [2.24, 2.45) is 0 Å². The van der Waals surface area contributed by atoms with Crippen LogP contribution in [0, 0.1) is 13.8 Å². The third kappa shape index (κ3) is 3.04. The highest BCUT2D eigenvalue weighted by atomic mass is 32.1. The van der Waals surface area contributed by atoms with Crippen molar-refractivity contribution in [1.29, 1.82) is 0 Å². The Balaban J connectivity index is 1.57. The van der Waals surface area contributed by atoms with Crippen LogP contribution >= 0.6 is 11.3 Å². The molecule has 4 aromatic rings. The molecule has 4 rings (SSSR count). The Morgan fingerprint density at radius 1 is 1.08 bits per heavy atom. The lowest BCUT2D eigenvalue weighted by molar-refractivity contribution is 0.101. The first-order chi connectivity index (χ1) is 12.1. The Morgan fingerprint density at radius 3 is 2.64 bits per heavy atom. The van der Waals surface area contributed by atoms with E-state index >= 15 is 0 Å². The first-order valence-corrected chi connectivity index (χ1v) is 8.63. The van der Waals surface area contributed by atoms with Crippen LogP contribution in [0.1, 0.15) is 21.6 Å². The minimum Gasteiger partial charge on any atom is -0.355 e. The van der Waals surface area contributed by atoms with E-state index in [1.54, 1.807) is 6.07 Å². The maximum Gasteiger partial charge on any atom is 0.279 e. The van der Waals surface area contributed by atoms with Gasteiger partial charge in [-0.25, -0.2) is 4.98 Å². The molecule has 1 amide bonds. The number of carbonyl (C=O) groups excluding carboxylic acids is 1. The Morgan fingerprint density at radius 2 is 1.84 bits per heavy atom. The maximum absolute atomic E-state index is 12.4. The molecule has 25 heavy (non-hydrogen) atoms. The lowest BCUT2D eigenvalue weighted by Crippen LogP contribution is -2.11. The second kappa shape index (κ2) is 6.14. The molecule has 0 bridgehead atoms. The summed E-state index contributed by atoms with van der Waals surface area (Å²) in [7, 11) is 0. The highest BCUT2D eigenvalue weighted by molar-refractivity contribution is 7.22. The van der Waals surface area contributed by atoms with E-state index in [2.05, 4.69) is 28.4 Å².